The van der Waals surface area contributed by atoms with E-state index in [1.54, 1.807) is 29.5 Å². The fourth-order valence-corrected chi connectivity index (χ4v) is 5.58. The van der Waals surface area contributed by atoms with Gasteiger partial charge in [0.05, 0.1) is 17.8 Å². The Morgan fingerprint density at radius 3 is 2.38 bits per heavy atom. The number of carbonyl (C=O) groups is 2. The summed E-state index contributed by atoms with van der Waals surface area (Å²) in [7, 11) is 0. The van der Waals surface area contributed by atoms with Crippen LogP contribution in [0.25, 0.3) is 11.1 Å². The summed E-state index contributed by atoms with van der Waals surface area (Å²) in [5.74, 6) is 0.0241. The Labute approximate surface area is 219 Å². The summed E-state index contributed by atoms with van der Waals surface area (Å²) < 4.78 is 0. The highest BCUT2D eigenvalue weighted by Gasteiger charge is 2.26. The Morgan fingerprint density at radius 2 is 1.57 bits per heavy atom. The van der Waals surface area contributed by atoms with Gasteiger partial charge in [-0.2, -0.15) is 0 Å². The average molecular weight is 502 g/mol. The van der Waals surface area contributed by atoms with Gasteiger partial charge >= 0.3 is 0 Å². The second-order valence-electron chi connectivity index (χ2n) is 8.86. The summed E-state index contributed by atoms with van der Waals surface area (Å²) in [5, 5.41) is 4.91. The van der Waals surface area contributed by atoms with Crippen molar-refractivity contribution in [2.75, 3.05) is 10.2 Å². The van der Waals surface area contributed by atoms with Crippen LogP contribution in [0.3, 0.4) is 0 Å². The van der Waals surface area contributed by atoms with Gasteiger partial charge in [0.15, 0.2) is 0 Å². The third kappa shape index (κ3) is 4.55. The number of nitrogens with one attached hydrogen (secondary N) is 1. The molecule has 0 aliphatic carbocycles. The molecule has 0 fully saturated rings. The summed E-state index contributed by atoms with van der Waals surface area (Å²) in [6, 6.07) is 30.9. The molecule has 0 atom stereocenters. The molecular formula is C31H23N3O2S. The third-order valence-electron chi connectivity index (χ3n) is 6.56. The maximum atomic E-state index is 13.6. The van der Waals surface area contributed by atoms with Gasteiger partial charge in [-0.15, -0.1) is 11.3 Å². The predicted molar refractivity (Wildman–Crippen MR) is 148 cm³/mol. The maximum Gasteiger partial charge on any atom is 0.260 e. The molecule has 1 aliphatic heterocycles. The predicted octanol–water partition coefficient (Wildman–Crippen LogP) is 6.81. The number of anilines is 2. The molecule has 3 heterocycles. The lowest BCUT2D eigenvalue weighted by molar-refractivity contribution is 0.0984. The molecular weight excluding hydrogens is 478 g/mol. The second kappa shape index (κ2) is 9.84. The second-order valence-corrected chi connectivity index (χ2v) is 9.86. The minimum absolute atomic E-state index is 0.115. The molecule has 0 bridgehead atoms. The fourth-order valence-electron chi connectivity index (χ4n) is 4.68. The first kappa shape index (κ1) is 22.9. The molecule has 1 aliphatic rings. The van der Waals surface area contributed by atoms with E-state index in [0.717, 1.165) is 28.8 Å². The van der Waals surface area contributed by atoms with Gasteiger partial charge in [0.25, 0.3) is 11.8 Å². The summed E-state index contributed by atoms with van der Waals surface area (Å²) in [6.45, 7) is 0.507. The van der Waals surface area contributed by atoms with Crippen molar-refractivity contribution < 1.29 is 9.59 Å². The lowest BCUT2D eigenvalue weighted by Gasteiger charge is -2.21. The van der Waals surface area contributed by atoms with Crippen molar-refractivity contribution >= 4 is 34.7 Å². The molecule has 0 unspecified atom stereocenters. The molecule has 5 aromatic rings. The molecule has 6 rings (SSSR count). The average Bonchev–Trinajstić information content (AvgIpc) is 3.34. The SMILES string of the molecule is O=C(Nc1ccc(C(=O)N2Cc3ccccc3Cc3sccc32)cn1)c1ccccc1-c1ccccc1. The van der Waals surface area contributed by atoms with Crippen molar-refractivity contribution in [3.05, 3.63) is 136 Å². The Hall–Kier alpha value is -4.55. The normalized spacial score (nSPS) is 12.3. The van der Waals surface area contributed by atoms with Crippen LogP contribution < -0.4 is 10.2 Å². The standard InChI is InChI=1S/C31H23N3O2S/c35-30(26-13-7-6-12-25(26)21-8-2-1-3-9-21)33-29-15-14-23(19-32-29)31(36)34-20-24-11-5-4-10-22(24)18-28-27(34)16-17-37-28/h1-17,19H,18,20H2,(H,32,33,35). The molecule has 0 saturated carbocycles. The highest BCUT2D eigenvalue weighted by molar-refractivity contribution is 7.10. The molecule has 0 radical (unpaired) electrons. The summed E-state index contributed by atoms with van der Waals surface area (Å²) >= 11 is 1.67. The fraction of sp³-hybridized carbons (Fsp3) is 0.0645. The molecule has 2 amide bonds. The highest BCUT2D eigenvalue weighted by atomic mass is 32.1. The van der Waals surface area contributed by atoms with Gasteiger partial charge in [-0.05, 0) is 51.9 Å². The van der Waals surface area contributed by atoms with Gasteiger partial charge in [0.1, 0.15) is 5.82 Å². The number of fused-ring (bicyclic) bond motifs is 2. The van der Waals surface area contributed by atoms with Crippen LogP contribution in [0.1, 0.15) is 36.7 Å². The Kier molecular flexibility index (Phi) is 6.08. The van der Waals surface area contributed by atoms with Gasteiger partial charge in [-0.3, -0.25) is 9.59 Å². The molecule has 1 N–H and O–H groups in total. The quantitative estimate of drug-likeness (QED) is 0.294. The minimum Gasteiger partial charge on any atom is -0.307 e. The molecule has 0 spiro atoms. The number of hydrogen-bond donors (Lipinski definition) is 1. The monoisotopic (exact) mass is 501 g/mol. The Morgan fingerprint density at radius 1 is 0.811 bits per heavy atom. The van der Waals surface area contributed by atoms with Crippen molar-refractivity contribution in [3.63, 3.8) is 0 Å². The number of benzene rings is 3. The number of amides is 2. The number of hydrogen-bond acceptors (Lipinski definition) is 4. The van der Waals surface area contributed by atoms with E-state index in [1.165, 1.54) is 16.6 Å². The van der Waals surface area contributed by atoms with Crippen molar-refractivity contribution in [2.24, 2.45) is 0 Å². The first-order valence-corrected chi connectivity index (χ1v) is 12.9. The molecule has 5 nitrogen and oxygen atoms in total. The van der Waals surface area contributed by atoms with Crippen LogP contribution in [0, 0.1) is 0 Å². The molecule has 3 aromatic carbocycles. The number of thiophene rings is 1. The Balaban J connectivity index is 1.23. The minimum atomic E-state index is -0.252. The number of rotatable bonds is 4. The van der Waals surface area contributed by atoms with E-state index in [2.05, 4.69) is 22.4 Å². The zero-order chi connectivity index (χ0) is 25.2. The van der Waals surface area contributed by atoms with Gasteiger partial charge < -0.3 is 10.2 Å². The Bertz CT molecular complexity index is 1590. The van der Waals surface area contributed by atoms with Gasteiger partial charge in [-0.1, -0.05) is 72.8 Å². The largest absolute Gasteiger partial charge is 0.307 e. The van der Waals surface area contributed by atoms with Crippen molar-refractivity contribution in [1.29, 1.82) is 0 Å². The van der Waals surface area contributed by atoms with E-state index in [0.29, 0.717) is 23.5 Å². The zero-order valence-corrected chi connectivity index (χ0v) is 20.7. The van der Waals surface area contributed by atoms with Crippen molar-refractivity contribution in [1.82, 2.24) is 4.98 Å². The molecule has 6 heteroatoms. The van der Waals surface area contributed by atoms with Crippen LogP contribution in [0.5, 0.6) is 0 Å². The topological polar surface area (TPSA) is 62.3 Å². The summed E-state index contributed by atoms with van der Waals surface area (Å²) in [4.78, 5) is 34.1. The van der Waals surface area contributed by atoms with Crippen LogP contribution in [0.4, 0.5) is 11.5 Å². The van der Waals surface area contributed by atoms with Crippen molar-refractivity contribution in [2.45, 2.75) is 13.0 Å². The summed E-state index contributed by atoms with van der Waals surface area (Å²) in [5.41, 5.74) is 6.18. The van der Waals surface area contributed by atoms with E-state index < -0.39 is 0 Å². The van der Waals surface area contributed by atoms with Crippen LogP contribution in [0.2, 0.25) is 0 Å². The molecule has 37 heavy (non-hydrogen) atoms. The molecule has 0 saturated heterocycles. The lowest BCUT2D eigenvalue weighted by Crippen LogP contribution is -2.30. The van der Waals surface area contributed by atoms with Gasteiger partial charge in [-0.25, -0.2) is 4.98 Å². The van der Waals surface area contributed by atoms with Crippen LogP contribution in [-0.2, 0) is 13.0 Å². The van der Waals surface area contributed by atoms with Crippen LogP contribution in [-0.4, -0.2) is 16.8 Å². The zero-order valence-electron chi connectivity index (χ0n) is 19.9. The first-order valence-electron chi connectivity index (χ1n) is 12.0. The highest BCUT2D eigenvalue weighted by Crippen LogP contribution is 2.35. The van der Waals surface area contributed by atoms with E-state index >= 15 is 0 Å². The lowest BCUT2D eigenvalue weighted by atomic mass is 9.99. The van der Waals surface area contributed by atoms with Crippen molar-refractivity contribution in [3.8, 4) is 11.1 Å². The van der Waals surface area contributed by atoms with E-state index in [-0.39, 0.29) is 11.8 Å². The van der Waals surface area contributed by atoms with E-state index in [1.807, 2.05) is 77.0 Å². The third-order valence-corrected chi connectivity index (χ3v) is 7.47. The first-order chi connectivity index (χ1) is 18.2. The van der Waals surface area contributed by atoms with E-state index in [9.17, 15) is 9.59 Å². The van der Waals surface area contributed by atoms with Gasteiger partial charge in [0.2, 0.25) is 0 Å². The molecule has 2 aromatic heterocycles. The number of nitrogens with zero attached hydrogens (tertiary/aromatic N) is 2. The number of pyridine rings is 1. The number of carbonyl (C=O) groups excluding carboxylic acids is 2. The number of aromatic nitrogens is 1. The van der Waals surface area contributed by atoms with Gasteiger partial charge in [0, 0.05) is 23.1 Å². The van der Waals surface area contributed by atoms with Crippen LogP contribution in [0.15, 0.2) is 109 Å². The molecule has 180 valence electrons. The summed E-state index contributed by atoms with van der Waals surface area (Å²) in [6.07, 6.45) is 2.35. The van der Waals surface area contributed by atoms with Crippen LogP contribution >= 0.6 is 11.3 Å². The van der Waals surface area contributed by atoms with E-state index in [4.69, 9.17) is 0 Å². The maximum absolute atomic E-state index is 13.6. The smallest absolute Gasteiger partial charge is 0.260 e.